The molecule has 1 heterocycles. The molecule has 1 aliphatic heterocycles. The number of allylic oxidation sites excluding steroid dienone is 3. The molecule has 5 heteroatoms. The minimum Gasteiger partial charge on any atom is -0.382 e. The van der Waals surface area contributed by atoms with Gasteiger partial charge in [-0.25, -0.2) is 0 Å². The molecule has 2 aliphatic rings. The molecule has 27 heavy (non-hydrogen) atoms. The lowest BCUT2D eigenvalue weighted by Crippen LogP contribution is -2.61. The molecule has 7 atom stereocenters. The second kappa shape index (κ2) is 9.02. The summed E-state index contributed by atoms with van der Waals surface area (Å²) in [6.45, 7) is 9.80. The summed E-state index contributed by atoms with van der Waals surface area (Å²) in [6, 6.07) is 0. The average molecular weight is 397 g/mol. The number of rotatable bonds is 6. The van der Waals surface area contributed by atoms with Crippen molar-refractivity contribution in [3.63, 3.8) is 0 Å². The Morgan fingerprint density at radius 1 is 1.41 bits per heavy atom. The number of Topliss-reactive ketones (excluding diaryl/α,β-unsaturated/α-hetero) is 2. The largest absolute Gasteiger partial charge is 0.382 e. The van der Waals surface area contributed by atoms with Crippen LogP contribution in [0.5, 0.6) is 0 Å². The van der Waals surface area contributed by atoms with Crippen LogP contribution in [0.1, 0.15) is 53.9 Å². The SMILES string of the molecule is CCC(C)/C=C(C)\C=C\C1CC2C(Cl)C(=O)C(C)(O)C(CC(C)=O)C2CO1. The number of carbonyl (C=O) groups excluding carboxylic acids is 2. The quantitative estimate of drug-likeness (QED) is 0.542. The number of halogens is 1. The first-order chi connectivity index (χ1) is 12.6. The van der Waals surface area contributed by atoms with E-state index in [-0.39, 0.29) is 35.9 Å². The average Bonchev–Trinajstić information content (AvgIpc) is 2.61. The number of hydrogen-bond donors (Lipinski definition) is 1. The summed E-state index contributed by atoms with van der Waals surface area (Å²) in [4.78, 5) is 24.4. The van der Waals surface area contributed by atoms with Crippen molar-refractivity contribution in [2.45, 2.75) is 71.0 Å². The van der Waals surface area contributed by atoms with Gasteiger partial charge in [0.2, 0.25) is 0 Å². The van der Waals surface area contributed by atoms with Crippen molar-refractivity contribution in [2.24, 2.45) is 23.7 Å². The van der Waals surface area contributed by atoms with Crippen molar-refractivity contribution in [3.8, 4) is 0 Å². The molecule has 0 amide bonds. The zero-order valence-electron chi connectivity index (χ0n) is 17.1. The smallest absolute Gasteiger partial charge is 0.182 e. The fourth-order valence-electron chi connectivity index (χ4n) is 4.37. The Kier molecular flexibility index (Phi) is 7.46. The van der Waals surface area contributed by atoms with Gasteiger partial charge in [0.25, 0.3) is 0 Å². The van der Waals surface area contributed by atoms with Crippen molar-refractivity contribution < 1.29 is 19.4 Å². The molecule has 152 valence electrons. The number of ether oxygens (including phenoxy) is 1. The Morgan fingerprint density at radius 2 is 2.07 bits per heavy atom. The Hall–Kier alpha value is -0.970. The van der Waals surface area contributed by atoms with E-state index in [1.54, 1.807) is 0 Å². The Balaban J connectivity index is 2.15. The highest BCUT2D eigenvalue weighted by Crippen LogP contribution is 2.47. The van der Waals surface area contributed by atoms with Crippen molar-refractivity contribution >= 4 is 23.2 Å². The third kappa shape index (κ3) is 5.10. The van der Waals surface area contributed by atoms with Crippen molar-refractivity contribution in [1.82, 2.24) is 0 Å². The van der Waals surface area contributed by atoms with Crippen LogP contribution >= 0.6 is 11.6 Å². The molecule has 0 aromatic carbocycles. The first kappa shape index (κ1) is 22.3. The molecule has 7 unspecified atom stereocenters. The van der Waals surface area contributed by atoms with Crippen LogP contribution in [0.4, 0.5) is 0 Å². The second-order valence-corrected chi connectivity index (χ2v) is 8.99. The fraction of sp³-hybridized carbons (Fsp3) is 0.727. The van der Waals surface area contributed by atoms with Crippen LogP contribution in [0.3, 0.4) is 0 Å². The maximum absolute atomic E-state index is 12.7. The predicted molar refractivity (Wildman–Crippen MR) is 108 cm³/mol. The molecule has 1 saturated carbocycles. The summed E-state index contributed by atoms with van der Waals surface area (Å²) in [5.41, 5.74) is -0.393. The Labute approximate surface area is 168 Å². The van der Waals surface area contributed by atoms with Gasteiger partial charge < -0.3 is 14.6 Å². The van der Waals surface area contributed by atoms with Crippen molar-refractivity contribution in [2.75, 3.05) is 6.61 Å². The normalized spacial score (nSPS) is 38.7. The van der Waals surface area contributed by atoms with Crippen LogP contribution in [0.2, 0.25) is 0 Å². The molecule has 1 saturated heterocycles. The van der Waals surface area contributed by atoms with E-state index in [1.165, 1.54) is 19.4 Å². The first-order valence-corrected chi connectivity index (χ1v) is 10.4. The minimum absolute atomic E-state index is 0.0346. The van der Waals surface area contributed by atoms with Gasteiger partial charge in [-0.15, -0.1) is 11.6 Å². The molecular weight excluding hydrogens is 364 g/mol. The fourth-order valence-corrected chi connectivity index (χ4v) is 4.88. The number of alkyl halides is 1. The van der Waals surface area contributed by atoms with Crippen LogP contribution in [0, 0.1) is 23.7 Å². The molecule has 0 radical (unpaired) electrons. The molecule has 1 aliphatic carbocycles. The van der Waals surface area contributed by atoms with Crippen LogP contribution < -0.4 is 0 Å². The summed E-state index contributed by atoms with van der Waals surface area (Å²) >= 11 is 6.46. The summed E-state index contributed by atoms with van der Waals surface area (Å²) in [7, 11) is 0. The van der Waals surface area contributed by atoms with Crippen LogP contribution in [-0.4, -0.2) is 40.4 Å². The van der Waals surface area contributed by atoms with Gasteiger partial charge in [0.1, 0.15) is 11.4 Å². The maximum atomic E-state index is 12.7. The van der Waals surface area contributed by atoms with E-state index >= 15 is 0 Å². The number of fused-ring (bicyclic) bond motifs is 1. The molecule has 4 nitrogen and oxygen atoms in total. The molecular formula is C22H33ClO4. The van der Waals surface area contributed by atoms with E-state index in [0.29, 0.717) is 18.9 Å². The lowest BCUT2D eigenvalue weighted by atomic mass is 9.60. The Morgan fingerprint density at radius 3 is 2.67 bits per heavy atom. The third-order valence-corrected chi connectivity index (χ3v) is 6.72. The molecule has 2 fully saturated rings. The summed E-state index contributed by atoms with van der Waals surface area (Å²) in [5, 5.41) is 10.0. The van der Waals surface area contributed by atoms with E-state index in [2.05, 4.69) is 32.9 Å². The van der Waals surface area contributed by atoms with Crippen LogP contribution in [0.15, 0.2) is 23.8 Å². The molecule has 0 aromatic heterocycles. The van der Waals surface area contributed by atoms with E-state index in [9.17, 15) is 14.7 Å². The number of aliphatic hydroxyl groups is 1. The van der Waals surface area contributed by atoms with Gasteiger partial charge in [-0.05, 0) is 44.9 Å². The molecule has 0 spiro atoms. The molecule has 2 rings (SSSR count). The highest BCUT2D eigenvalue weighted by molar-refractivity contribution is 6.32. The minimum atomic E-state index is -1.58. The number of hydrogen-bond acceptors (Lipinski definition) is 4. The molecule has 0 aromatic rings. The summed E-state index contributed by atoms with van der Waals surface area (Å²) < 4.78 is 6.01. The lowest BCUT2D eigenvalue weighted by molar-refractivity contribution is -0.167. The highest BCUT2D eigenvalue weighted by Gasteiger charge is 2.57. The standard InChI is InChI=1S/C22H33ClO4/c1-6-13(2)9-14(3)7-8-16-11-17-18(12-27-16)19(10-15(4)24)22(5,26)21(25)20(17)23/h7-9,13,16-20,26H,6,10-12H2,1-5H3/b8-7+,14-9-. The van der Waals surface area contributed by atoms with Crippen LogP contribution in [-0.2, 0) is 14.3 Å². The van der Waals surface area contributed by atoms with Gasteiger partial charge in [0, 0.05) is 12.3 Å². The molecule has 1 N–H and O–H groups in total. The highest BCUT2D eigenvalue weighted by atomic mass is 35.5. The predicted octanol–water partition coefficient (Wildman–Crippen LogP) is 4.09. The molecule has 0 bridgehead atoms. The van der Waals surface area contributed by atoms with Crippen molar-refractivity contribution in [3.05, 3.63) is 23.8 Å². The summed E-state index contributed by atoms with van der Waals surface area (Å²) in [5.74, 6) is -0.498. The van der Waals surface area contributed by atoms with E-state index in [4.69, 9.17) is 16.3 Å². The van der Waals surface area contributed by atoms with Gasteiger partial charge >= 0.3 is 0 Å². The number of ketones is 2. The lowest BCUT2D eigenvalue weighted by Gasteiger charge is -2.50. The zero-order chi connectivity index (χ0) is 20.4. The van der Waals surface area contributed by atoms with Crippen LogP contribution in [0.25, 0.3) is 0 Å². The summed E-state index contributed by atoms with van der Waals surface area (Å²) in [6.07, 6.45) is 8.12. The van der Waals surface area contributed by atoms with Crippen molar-refractivity contribution in [1.29, 1.82) is 0 Å². The van der Waals surface area contributed by atoms with Gasteiger partial charge in [-0.1, -0.05) is 44.1 Å². The number of carbonyl (C=O) groups is 2. The first-order valence-electron chi connectivity index (χ1n) is 9.96. The van der Waals surface area contributed by atoms with Gasteiger partial charge in [-0.3, -0.25) is 4.79 Å². The topological polar surface area (TPSA) is 63.6 Å². The van der Waals surface area contributed by atoms with E-state index < -0.39 is 16.9 Å². The Bertz CT molecular complexity index is 622. The third-order valence-electron chi connectivity index (χ3n) is 6.19. The van der Waals surface area contributed by atoms with Gasteiger partial charge in [-0.2, -0.15) is 0 Å². The maximum Gasteiger partial charge on any atom is 0.182 e. The monoisotopic (exact) mass is 396 g/mol. The van der Waals surface area contributed by atoms with E-state index in [1.807, 2.05) is 6.08 Å². The second-order valence-electron chi connectivity index (χ2n) is 8.52. The van der Waals surface area contributed by atoms with E-state index in [0.717, 1.165) is 6.42 Å². The van der Waals surface area contributed by atoms with Gasteiger partial charge in [0.05, 0.1) is 18.1 Å². The van der Waals surface area contributed by atoms with Gasteiger partial charge in [0.15, 0.2) is 5.78 Å². The zero-order valence-corrected chi connectivity index (χ0v) is 17.8.